The lowest BCUT2D eigenvalue weighted by atomic mass is 10.1. The average molecular weight is 374 g/mol. The minimum Gasteiger partial charge on any atom is -0.457 e. The van der Waals surface area contributed by atoms with Crippen LogP contribution in [0.25, 0.3) is 0 Å². The molecule has 0 aliphatic rings. The monoisotopic (exact) mass is 374 g/mol. The zero-order valence-corrected chi connectivity index (χ0v) is 15.9. The number of nitrogens with one attached hydrogen (secondary N) is 1. The predicted molar refractivity (Wildman–Crippen MR) is 110 cm³/mol. The molecular formula is C23H22N2O3. The predicted octanol–water partition coefficient (Wildman–Crippen LogP) is 4.71. The summed E-state index contributed by atoms with van der Waals surface area (Å²) in [5, 5.41) is 2.92. The van der Waals surface area contributed by atoms with Crippen molar-refractivity contribution in [2.24, 2.45) is 0 Å². The molecule has 2 amide bonds. The van der Waals surface area contributed by atoms with Gasteiger partial charge >= 0.3 is 0 Å². The van der Waals surface area contributed by atoms with Crippen LogP contribution in [-0.2, 0) is 11.3 Å². The summed E-state index contributed by atoms with van der Waals surface area (Å²) >= 11 is 0. The zero-order valence-electron chi connectivity index (χ0n) is 15.9. The molecule has 0 bridgehead atoms. The summed E-state index contributed by atoms with van der Waals surface area (Å²) in [5.41, 5.74) is 2.08. The molecule has 3 rings (SSSR count). The zero-order chi connectivity index (χ0) is 19.9. The first-order valence-corrected chi connectivity index (χ1v) is 8.97. The highest BCUT2D eigenvalue weighted by Crippen LogP contribution is 2.22. The number of para-hydroxylation sites is 2. The molecule has 142 valence electrons. The molecule has 3 aromatic rings. The van der Waals surface area contributed by atoms with Crippen LogP contribution in [0.3, 0.4) is 0 Å². The molecule has 1 N–H and O–H groups in total. The number of anilines is 1. The fourth-order valence-electron chi connectivity index (χ4n) is 2.64. The van der Waals surface area contributed by atoms with E-state index in [4.69, 9.17) is 4.74 Å². The van der Waals surface area contributed by atoms with Gasteiger partial charge in [-0.25, -0.2) is 0 Å². The Kier molecular flexibility index (Phi) is 6.07. The Bertz CT molecular complexity index is 953. The maximum atomic E-state index is 12.6. The molecule has 5 heteroatoms. The molecule has 0 radical (unpaired) electrons. The highest BCUT2D eigenvalue weighted by atomic mass is 16.5. The quantitative estimate of drug-likeness (QED) is 0.680. The highest BCUT2D eigenvalue weighted by Gasteiger charge is 2.11. The van der Waals surface area contributed by atoms with Crippen molar-refractivity contribution >= 4 is 17.5 Å². The SMILES string of the molecule is CC(=O)N(C)Cc1ccccc1NC(=O)c1ccc(Oc2ccccc2)cc1. The van der Waals surface area contributed by atoms with Crippen LogP contribution in [0.15, 0.2) is 78.9 Å². The second-order valence-electron chi connectivity index (χ2n) is 6.43. The third kappa shape index (κ3) is 4.98. The lowest BCUT2D eigenvalue weighted by molar-refractivity contribution is -0.128. The first-order chi connectivity index (χ1) is 13.5. The summed E-state index contributed by atoms with van der Waals surface area (Å²) in [7, 11) is 1.73. The van der Waals surface area contributed by atoms with Crippen molar-refractivity contribution in [2.45, 2.75) is 13.5 Å². The second-order valence-corrected chi connectivity index (χ2v) is 6.43. The molecule has 5 nitrogen and oxygen atoms in total. The van der Waals surface area contributed by atoms with Gasteiger partial charge in [0.1, 0.15) is 11.5 Å². The number of carbonyl (C=O) groups is 2. The van der Waals surface area contributed by atoms with E-state index in [0.717, 1.165) is 11.3 Å². The Morgan fingerprint density at radius 3 is 2.14 bits per heavy atom. The molecule has 0 spiro atoms. The van der Waals surface area contributed by atoms with Crippen LogP contribution < -0.4 is 10.1 Å². The first kappa shape index (κ1) is 19.2. The number of ether oxygens (including phenoxy) is 1. The summed E-state index contributed by atoms with van der Waals surface area (Å²) in [6, 6.07) is 23.9. The molecule has 0 saturated carbocycles. The van der Waals surface area contributed by atoms with E-state index in [-0.39, 0.29) is 11.8 Å². The second kappa shape index (κ2) is 8.86. The van der Waals surface area contributed by atoms with Crippen LogP contribution in [-0.4, -0.2) is 23.8 Å². The molecule has 3 aromatic carbocycles. The van der Waals surface area contributed by atoms with Crippen LogP contribution in [0.1, 0.15) is 22.8 Å². The van der Waals surface area contributed by atoms with Crippen molar-refractivity contribution in [3.8, 4) is 11.5 Å². The number of amides is 2. The van der Waals surface area contributed by atoms with Gasteiger partial charge in [-0.1, -0.05) is 36.4 Å². The molecule has 0 atom stereocenters. The van der Waals surface area contributed by atoms with Gasteiger partial charge in [0.2, 0.25) is 5.91 Å². The Balaban J connectivity index is 1.69. The summed E-state index contributed by atoms with van der Waals surface area (Å²) in [6.45, 7) is 1.94. The average Bonchev–Trinajstić information content (AvgIpc) is 2.70. The number of benzene rings is 3. The number of hydrogen-bond donors (Lipinski definition) is 1. The Hall–Kier alpha value is -3.60. The molecule has 0 saturated heterocycles. The van der Waals surface area contributed by atoms with Crippen molar-refractivity contribution in [3.05, 3.63) is 90.0 Å². The van der Waals surface area contributed by atoms with Crippen molar-refractivity contribution in [3.63, 3.8) is 0 Å². The number of nitrogens with zero attached hydrogens (tertiary/aromatic N) is 1. The Labute approximate surface area is 164 Å². The van der Waals surface area contributed by atoms with Gasteiger partial charge in [0.05, 0.1) is 0 Å². The fourth-order valence-corrected chi connectivity index (χ4v) is 2.64. The third-order valence-corrected chi connectivity index (χ3v) is 4.31. The molecule has 0 heterocycles. The maximum Gasteiger partial charge on any atom is 0.255 e. The van der Waals surface area contributed by atoms with Crippen molar-refractivity contribution in [2.75, 3.05) is 12.4 Å². The number of hydrogen-bond acceptors (Lipinski definition) is 3. The van der Waals surface area contributed by atoms with Gasteiger partial charge in [0.15, 0.2) is 0 Å². The minimum absolute atomic E-state index is 0.0323. The van der Waals surface area contributed by atoms with E-state index in [1.54, 1.807) is 36.2 Å². The molecule has 28 heavy (non-hydrogen) atoms. The van der Waals surface area contributed by atoms with Gasteiger partial charge in [-0.3, -0.25) is 9.59 Å². The van der Waals surface area contributed by atoms with Crippen molar-refractivity contribution in [1.29, 1.82) is 0 Å². The molecule has 0 fully saturated rings. The van der Waals surface area contributed by atoms with Crippen molar-refractivity contribution < 1.29 is 14.3 Å². The van der Waals surface area contributed by atoms with Crippen LogP contribution in [0, 0.1) is 0 Å². The van der Waals surface area contributed by atoms with Crippen LogP contribution in [0.5, 0.6) is 11.5 Å². The molecule has 0 aromatic heterocycles. The van der Waals surface area contributed by atoms with E-state index in [1.807, 2.05) is 54.6 Å². The lowest BCUT2D eigenvalue weighted by Gasteiger charge is -2.18. The third-order valence-electron chi connectivity index (χ3n) is 4.31. The standard InChI is InChI=1S/C23H22N2O3/c1-17(26)25(2)16-19-8-6-7-11-22(19)24-23(27)18-12-14-21(15-13-18)28-20-9-4-3-5-10-20/h3-15H,16H2,1-2H3,(H,24,27). The molecule has 0 unspecified atom stereocenters. The fraction of sp³-hybridized carbons (Fsp3) is 0.130. The van der Waals surface area contributed by atoms with Gasteiger partial charge in [0.25, 0.3) is 5.91 Å². The normalized spacial score (nSPS) is 10.2. The lowest BCUT2D eigenvalue weighted by Crippen LogP contribution is -2.24. The Morgan fingerprint density at radius 1 is 0.857 bits per heavy atom. The number of rotatable bonds is 6. The largest absolute Gasteiger partial charge is 0.457 e. The van der Waals surface area contributed by atoms with E-state index in [2.05, 4.69) is 5.32 Å². The first-order valence-electron chi connectivity index (χ1n) is 8.97. The van der Waals surface area contributed by atoms with E-state index >= 15 is 0 Å². The molecular weight excluding hydrogens is 352 g/mol. The minimum atomic E-state index is -0.218. The highest BCUT2D eigenvalue weighted by molar-refractivity contribution is 6.04. The molecule has 0 aliphatic heterocycles. The van der Waals surface area contributed by atoms with E-state index in [9.17, 15) is 9.59 Å². The summed E-state index contributed by atoms with van der Waals surface area (Å²) < 4.78 is 5.75. The van der Waals surface area contributed by atoms with Crippen molar-refractivity contribution in [1.82, 2.24) is 4.90 Å². The van der Waals surface area contributed by atoms with Gasteiger partial charge in [-0.15, -0.1) is 0 Å². The summed E-state index contributed by atoms with van der Waals surface area (Å²) in [6.07, 6.45) is 0. The summed E-state index contributed by atoms with van der Waals surface area (Å²) in [5.74, 6) is 1.15. The van der Waals surface area contributed by atoms with Gasteiger partial charge in [-0.05, 0) is 48.0 Å². The van der Waals surface area contributed by atoms with E-state index in [1.165, 1.54) is 6.92 Å². The molecule has 0 aliphatic carbocycles. The van der Waals surface area contributed by atoms with Crippen LogP contribution in [0.2, 0.25) is 0 Å². The maximum absolute atomic E-state index is 12.6. The Morgan fingerprint density at radius 2 is 1.46 bits per heavy atom. The summed E-state index contributed by atoms with van der Waals surface area (Å²) in [4.78, 5) is 25.7. The van der Waals surface area contributed by atoms with Gasteiger partial charge < -0.3 is 15.0 Å². The smallest absolute Gasteiger partial charge is 0.255 e. The van der Waals surface area contributed by atoms with E-state index < -0.39 is 0 Å². The van der Waals surface area contributed by atoms with Gasteiger partial charge in [-0.2, -0.15) is 0 Å². The van der Waals surface area contributed by atoms with E-state index in [0.29, 0.717) is 23.5 Å². The van der Waals surface area contributed by atoms with Gasteiger partial charge in [0, 0.05) is 31.8 Å². The topological polar surface area (TPSA) is 58.6 Å². The van der Waals surface area contributed by atoms with Crippen LogP contribution >= 0.6 is 0 Å². The number of carbonyl (C=O) groups excluding carboxylic acids is 2. The van der Waals surface area contributed by atoms with Crippen LogP contribution in [0.4, 0.5) is 5.69 Å².